The number of benzene rings is 3. The minimum Gasteiger partial charge on any atom is -0.497 e. The number of rotatable bonds is 10. The van der Waals surface area contributed by atoms with Crippen LogP contribution in [0.1, 0.15) is 22.4 Å². The second-order valence-corrected chi connectivity index (χ2v) is 9.89. The average Bonchev–Trinajstić information content (AvgIpc) is 3.45. The van der Waals surface area contributed by atoms with E-state index in [4.69, 9.17) is 31.3 Å². The van der Waals surface area contributed by atoms with Gasteiger partial charge in [0, 0.05) is 24.6 Å². The number of halogens is 1. The normalized spacial score (nSPS) is 11.1. The number of aliphatic imine (C=N–C) groups is 2. The quantitative estimate of drug-likeness (QED) is 0.138. The van der Waals surface area contributed by atoms with Gasteiger partial charge < -0.3 is 19.4 Å². The van der Waals surface area contributed by atoms with Gasteiger partial charge in [0.05, 0.1) is 30.1 Å². The van der Waals surface area contributed by atoms with E-state index in [1.807, 2.05) is 72.2 Å². The molecule has 0 spiro atoms. The summed E-state index contributed by atoms with van der Waals surface area (Å²) < 4.78 is 13.7. The summed E-state index contributed by atoms with van der Waals surface area (Å²) >= 11 is 6.81. The Bertz CT molecular complexity index is 1770. The Morgan fingerprint density at radius 1 is 1.05 bits per heavy atom. The van der Waals surface area contributed by atoms with Gasteiger partial charge in [0.15, 0.2) is 17.3 Å². The molecule has 0 unspecified atom stereocenters. The van der Waals surface area contributed by atoms with Crippen LogP contribution in [0.3, 0.4) is 0 Å². The molecule has 0 radical (unpaired) electrons. The largest absolute Gasteiger partial charge is 0.497 e. The maximum atomic E-state index is 9.11. The Morgan fingerprint density at radius 2 is 1.79 bits per heavy atom. The molecule has 1 N–H and O–H groups in total. The molecule has 0 aliphatic rings. The van der Waals surface area contributed by atoms with Crippen molar-refractivity contribution in [2.75, 3.05) is 19.1 Å². The van der Waals surface area contributed by atoms with Crippen molar-refractivity contribution in [2.45, 2.75) is 13.5 Å². The predicted molar refractivity (Wildman–Crippen MR) is 170 cm³/mol. The Balaban J connectivity index is 1.52. The molecule has 3 aromatic carbocycles. The van der Waals surface area contributed by atoms with E-state index in [0.717, 1.165) is 33.7 Å². The lowest BCUT2D eigenvalue weighted by Crippen LogP contribution is -2.19. The van der Waals surface area contributed by atoms with E-state index < -0.39 is 0 Å². The molecule has 0 aliphatic heterocycles. The summed E-state index contributed by atoms with van der Waals surface area (Å²) in [6.07, 6.45) is 5.16. The fourth-order valence-corrected chi connectivity index (χ4v) is 4.75. The lowest BCUT2D eigenvalue weighted by molar-refractivity contribution is 0.414. The number of hydrogen-bond donors (Lipinski definition) is 1. The van der Waals surface area contributed by atoms with E-state index in [1.165, 1.54) is 0 Å². The minimum absolute atomic E-state index is 0.164. The Hall–Kier alpha value is -5.46. The monoisotopic (exact) mass is 589 g/mol. The Labute approximate surface area is 254 Å². The molecule has 5 rings (SSSR count). The number of nitrogens with one attached hydrogen (secondary N) is 1. The van der Waals surface area contributed by atoms with Gasteiger partial charge in [0.1, 0.15) is 12.4 Å². The molecule has 0 aliphatic carbocycles. The molecular weight excluding hydrogens is 562 g/mol. The number of aryl methyl sites for hydroxylation is 1. The molecule has 0 amide bonds. The van der Waals surface area contributed by atoms with Crippen molar-refractivity contribution in [3.8, 4) is 28.7 Å². The first-order valence-corrected chi connectivity index (χ1v) is 13.7. The third-order valence-corrected chi connectivity index (χ3v) is 6.93. The van der Waals surface area contributed by atoms with Crippen molar-refractivity contribution in [1.29, 1.82) is 5.26 Å². The molecule has 2 aromatic heterocycles. The zero-order chi connectivity index (χ0) is 30.2. The maximum absolute atomic E-state index is 9.11. The molecular formula is C33H28ClN7O2. The van der Waals surface area contributed by atoms with E-state index in [9.17, 15) is 0 Å². The first-order valence-electron chi connectivity index (χ1n) is 13.3. The van der Waals surface area contributed by atoms with Gasteiger partial charge in [-0.1, -0.05) is 23.7 Å². The summed E-state index contributed by atoms with van der Waals surface area (Å²) in [7, 11) is 1.63. The van der Waals surface area contributed by atoms with Crippen LogP contribution in [0.25, 0.3) is 11.1 Å². The highest BCUT2D eigenvalue weighted by atomic mass is 35.5. The topological polar surface area (TPSA) is 110 Å². The highest BCUT2D eigenvalue weighted by molar-refractivity contribution is 6.32. The number of ether oxygens (including phenoxy) is 2. The molecule has 0 saturated heterocycles. The highest BCUT2D eigenvalue weighted by Crippen LogP contribution is 2.35. The zero-order valence-electron chi connectivity index (χ0n) is 23.7. The molecule has 214 valence electrons. The second-order valence-electron chi connectivity index (χ2n) is 9.48. The second kappa shape index (κ2) is 13.5. The molecule has 0 fully saturated rings. The maximum Gasteiger partial charge on any atom is 0.244 e. The van der Waals surface area contributed by atoms with Gasteiger partial charge in [0.25, 0.3) is 0 Å². The molecule has 0 saturated carbocycles. The summed E-state index contributed by atoms with van der Waals surface area (Å²) in [4.78, 5) is 17.5. The molecule has 9 nitrogen and oxygen atoms in total. The first-order chi connectivity index (χ1) is 21.0. The van der Waals surface area contributed by atoms with E-state index in [-0.39, 0.29) is 12.6 Å². The molecule has 5 aromatic rings. The number of nitrogens with zero attached hydrogens (tertiary/aromatic N) is 6. The number of aromatic nitrogens is 3. The first kappa shape index (κ1) is 29.0. The van der Waals surface area contributed by atoms with Gasteiger partial charge in [0.2, 0.25) is 5.90 Å². The number of hydrogen-bond acceptors (Lipinski definition) is 8. The van der Waals surface area contributed by atoms with Crippen molar-refractivity contribution in [3.05, 3.63) is 119 Å². The predicted octanol–water partition coefficient (Wildman–Crippen LogP) is 7.06. The lowest BCUT2D eigenvalue weighted by Gasteiger charge is -2.17. The molecule has 2 heterocycles. The van der Waals surface area contributed by atoms with Crippen molar-refractivity contribution >= 4 is 35.7 Å². The van der Waals surface area contributed by atoms with Crippen molar-refractivity contribution in [3.63, 3.8) is 0 Å². The summed E-state index contributed by atoms with van der Waals surface area (Å²) in [6.45, 7) is 6.29. The Kier molecular flexibility index (Phi) is 9.10. The highest BCUT2D eigenvalue weighted by Gasteiger charge is 2.22. The van der Waals surface area contributed by atoms with Gasteiger partial charge in [-0.2, -0.15) is 5.26 Å². The summed E-state index contributed by atoms with van der Waals surface area (Å²) in [6, 6.07) is 24.7. The lowest BCUT2D eigenvalue weighted by atomic mass is 10.0. The molecule has 43 heavy (non-hydrogen) atoms. The van der Waals surface area contributed by atoms with E-state index in [1.54, 1.807) is 38.0 Å². The fraction of sp³-hybridized carbons (Fsp3) is 0.121. The van der Waals surface area contributed by atoms with Crippen LogP contribution in [0, 0.1) is 18.3 Å². The number of anilines is 1. The van der Waals surface area contributed by atoms with Crippen LogP contribution in [-0.4, -0.2) is 40.9 Å². The third kappa shape index (κ3) is 6.89. The van der Waals surface area contributed by atoms with E-state index >= 15 is 0 Å². The van der Waals surface area contributed by atoms with Crippen LogP contribution in [0.5, 0.6) is 11.5 Å². The summed E-state index contributed by atoms with van der Waals surface area (Å²) in [5.41, 5.74) is 5.68. The van der Waals surface area contributed by atoms with Crippen LogP contribution in [0.15, 0.2) is 102 Å². The van der Waals surface area contributed by atoms with Crippen LogP contribution < -0.4 is 14.8 Å². The van der Waals surface area contributed by atoms with Gasteiger partial charge in [-0.25, -0.2) is 15.0 Å². The standard InChI is InChI=1S/C33H28ClN7O2/c1-22-16-26(25-12-14-37-15-13-25)17-29(34)31(22)43-33(39-20-38-27-8-4-23(18-35)5-9-27)30-32(36-2)40-21-41(30)19-24-6-10-28(42-3)11-7-24/h4-17,21,38H,2,19-20H2,1,3H3/b39-33+. The Morgan fingerprint density at radius 3 is 2.44 bits per heavy atom. The van der Waals surface area contributed by atoms with Gasteiger partial charge in [-0.15, -0.1) is 0 Å². The van der Waals surface area contributed by atoms with Gasteiger partial charge in [-0.05, 0) is 96.6 Å². The molecule has 0 bridgehead atoms. The third-order valence-electron chi connectivity index (χ3n) is 6.64. The molecule has 10 heteroatoms. The van der Waals surface area contributed by atoms with Crippen LogP contribution in [-0.2, 0) is 6.54 Å². The van der Waals surface area contributed by atoms with Crippen molar-refractivity contribution < 1.29 is 9.47 Å². The fourth-order valence-electron chi connectivity index (χ4n) is 4.44. The number of methoxy groups -OCH3 is 1. The number of nitriles is 1. The SMILES string of the molecule is C=Nc1ncn(Cc2ccc(OC)cc2)c1/C(=N\CNc1ccc(C#N)cc1)Oc1c(C)cc(-c2ccncc2)cc1Cl. The van der Waals surface area contributed by atoms with E-state index in [2.05, 4.69) is 33.1 Å². The molecule has 0 atom stereocenters. The zero-order valence-corrected chi connectivity index (χ0v) is 24.4. The van der Waals surface area contributed by atoms with Crippen LogP contribution in [0.2, 0.25) is 5.02 Å². The van der Waals surface area contributed by atoms with Crippen LogP contribution >= 0.6 is 11.6 Å². The van der Waals surface area contributed by atoms with Gasteiger partial charge in [-0.3, -0.25) is 4.98 Å². The minimum atomic E-state index is 0.164. The van der Waals surface area contributed by atoms with Crippen molar-refractivity contribution in [2.24, 2.45) is 9.98 Å². The summed E-state index contributed by atoms with van der Waals surface area (Å²) in [5.74, 6) is 1.86. The smallest absolute Gasteiger partial charge is 0.244 e. The summed E-state index contributed by atoms with van der Waals surface area (Å²) in [5, 5.41) is 12.8. The average molecular weight is 590 g/mol. The van der Waals surface area contributed by atoms with Crippen LogP contribution in [0.4, 0.5) is 11.5 Å². The van der Waals surface area contributed by atoms with Gasteiger partial charge >= 0.3 is 0 Å². The number of pyridine rings is 1. The van der Waals surface area contributed by atoms with Crippen molar-refractivity contribution in [1.82, 2.24) is 14.5 Å². The number of imidazole rings is 1. The van der Waals surface area contributed by atoms with E-state index in [0.29, 0.717) is 34.4 Å².